The second-order valence-electron chi connectivity index (χ2n) is 11.0. The van der Waals surface area contributed by atoms with Crippen LogP contribution in [0.15, 0.2) is 42.9 Å². The van der Waals surface area contributed by atoms with E-state index < -0.39 is 0 Å². The molecule has 2 aromatic heterocycles. The van der Waals surface area contributed by atoms with Crippen molar-refractivity contribution in [1.29, 1.82) is 0 Å². The lowest BCUT2D eigenvalue weighted by atomic mass is 9.80. The Morgan fingerprint density at radius 2 is 1.35 bits per heavy atom. The van der Waals surface area contributed by atoms with Gasteiger partial charge in [-0.1, -0.05) is 72.3 Å². The van der Waals surface area contributed by atoms with Gasteiger partial charge in [0, 0.05) is 48.3 Å². The molecule has 0 radical (unpaired) electrons. The van der Waals surface area contributed by atoms with E-state index in [4.69, 9.17) is 0 Å². The third kappa shape index (κ3) is 4.92. The number of pyridine rings is 2. The zero-order valence-corrected chi connectivity index (χ0v) is 22.4. The lowest BCUT2D eigenvalue weighted by molar-refractivity contribution is -0.701. The monoisotopic (exact) mass is 458 g/mol. The maximum absolute atomic E-state index is 2.47. The Kier molecular flexibility index (Phi) is 8.06. The largest absolute Gasteiger partial charge is 0.205 e. The highest BCUT2D eigenvalue weighted by molar-refractivity contribution is 5.97. The summed E-state index contributed by atoms with van der Waals surface area (Å²) in [6, 6.07) is 9.52. The Morgan fingerprint density at radius 3 is 2.06 bits per heavy atom. The first-order valence-electron chi connectivity index (χ1n) is 14.0. The number of hydrogen-bond donors (Lipinski definition) is 0. The van der Waals surface area contributed by atoms with Crippen LogP contribution in [0.4, 0.5) is 0 Å². The van der Waals surface area contributed by atoms with Gasteiger partial charge in [-0.05, 0) is 41.0 Å². The highest BCUT2D eigenvalue weighted by Crippen LogP contribution is 2.50. The summed E-state index contributed by atoms with van der Waals surface area (Å²) in [5.41, 5.74) is 7.28. The highest BCUT2D eigenvalue weighted by atomic mass is 14.9. The summed E-state index contributed by atoms with van der Waals surface area (Å²) >= 11 is 0. The van der Waals surface area contributed by atoms with Gasteiger partial charge in [0.25, 0.3) is 0 Å². The highest BCUT2D eigenvalue weighted by Gasteiger charge is 2.39. The van der Waals surface area contributed by atoms with Crippen molar-refractivity contribution in [2.75, 3.05) is 0 Å². The van der Waals surface area contributed by atoms with Crippen LogP contribution in [-0.4, -0.2) is 0 Å². The van der Waals surface area contributed by atoms with Crippen molar-refractivity contribution in [3.63, 3.8) is 0 Å². The van der Waals surface area contributed by atoms with Crippen molar-refractivity contribution in [3.05, 3.63) is 59.7 Å². The number of hydrogen-bond acceptors (Lipinski definition) is 0. The number of fused-ring (bicyclic) bond motifs is 5. The maximum Gasteiger partial charge on any atom is 0.186 e. The first-order valence-corrected chi connectivity index (χ1v) is 14.0. The minimum Gasteiger partial charge on any atom is -0.205 e. The Bertz CT molecular complexity index is 1130. The molecule has 1 aliphatic carbocycles. The molecule has 1 aromatic carbocycles. The van der Waals surface area contributed by atoms with Crippen molar-refractivity contribution < 1.29 is 9.13 Å². The lowest BCUT2D eigenvalue weighted by Crippen LogP contribution is -2.37. The molecular weight excluding hydrogens is 412 g/mol. The molecular formula is C32H46N2+2. The second kappa shape index (κ2) is 11.0. The van der Waals surface area contributed by atoms with Gasteiger partial charge in [0.05, 0.1) is 0 Å². The summed E-state index contributed by atoms with van der Waals surface area (Å²) in [5.74, 6) is 0. The van der Waals surface area contributed by atoms with Crippen LogP contribution in [0.1, 0.15) is 109 Å². The molecule has 34 heavy (non-hydrogen) atoms. The van der Waals surface area contributed by atoms with E-state index in [0.29, 0.717) is 0 Å². The Labute approximate surface area is 208 Å². The predicted octanol–water partition coefficient (Wildman–Crippen LogP) is 7.97. The molecule has 0 atom stereocenters. The average Bonchev–Trinajstić information content (AvgIpc) is 3.07. The molecule has 0 amide bonds. The molecule has 182 valence electrons. The standard InChI is InChI=1S/C32H46N2/c1-6-8-10-12-14-20-33-22-18-27-28-17-16-26-25(3)34(21-15-13-11-9-7-2)23-19-29(26)31(28)32(4,5)30(27)24-33/h16-19,22-24H,6-15,20-21H2,1-5H3/q+2. The van der Waals surface area contributed by atoms with Crippen molar-refractivity contribution in [2.45, 2.75) is 117 Å². The Balaban J connectivity index is 1.59. The second-order valence-corrected chi connectivity index (χ2v) is 11.0. The topological polar surface area (TPSA) is 7.76 Å². The molecule has 0 unspecified atom stereocenters. The van der Waals surface area contributed by atoms with Crippen LogP contribution < -0.4 is 9.13 Å². The van der Waals surface area contributed by atoms with Crippen molar-refractivity contribution in [3.8, 4) is 11.1 Å². The molecule has 4 rings (SSSR count). The van der Waals surface area contributed by atoms with Gasteiger partial charge in [-0.2, -0.15) is 0 Å². The molecule has 0 fully saturated rings. The average molecular weight is 459 g/mol. The number of rotatable bonds is 12. The summed E-state index contributed by atoms with van der Waals surface area (Å²) in [6.45, 7) is 14.0. The summed E-state index contributed by atoms with van der Waals surface area (Å²) in [5, 5.41) is 2.85. The fourth-order valence-electron chi connectivity index (χ4n) is 6.01. The molecule has 0 saturated heterocycles. The van der Waals surface area contributed by atoms with Crippen LogP contribution >= 0.6 is 0 Å². The fraction of sp³-hybridized carbons (Fsp3) is 0.562. The smallest absolute Gasteiger partial charge is 0.186 e. The molecule has 2 nitrogen and oxygen atoms in total. The summed E-state index contributed by atoms with van der Waals surface area (Å²) in [6.07, 6.45) is 20.4. The van der Waals surface area contributed by atoms with Gasteiger partial charge in [0.15, 0.2) is 24.3 Å². The van der Waals surface area contributed by atoms with Gasteiger partial charge in [-0.3, -0.25) is 0 Å². The van der Waals surface area contributed by atoms with E-state index in [0.717, 1.165) is 13.1 Å². The van der Waals surface area contributed by atoms with E-state index in [1.165, 1.54) is 103 Å². The first-order chi connectivity index (χ1) is 16.5. The van der Waals surface area contributed by atoms with Gasteiger partial charge >= 0.3 is 0 Å². The third-order valence-corrected chi connectivity index (χ3v) is 8.12. The zero-order valence-electron chi connectivity index (χ0n) is 22.4. The molecule has 0 N–H and O–H groups in total. The zero-order chi connectivity index (χ0) is 24.1. The van der Waals surface area contributed by atoms with E-state index in [1.54, 1.807) is 0 Å². The number of aryl methyl sites for hydroxylation is 3. The summed E-state index contributed by atoms with van der Waals surface area (Å²) in [7, 11) is 0. The van der Waals surface area contributed by atoms with Gasteiger partial charge in [0.1, 0.15) is 13.1 Å². The van der Waals surface area contributed by atoms with Gasteiger partial charge < -0.3 is 0 Å². The lowest BCUT2D eigenvalue weighted by Gasteiger charge is -2.22. The number of aromatic nitrogens is 2. The van der Waals surface area contributed by atoms with Gasteiger partial charge in [-0.25, -0.2) is 9.13 Å². The maximum atomic E-state index is 2.47. The van der Waals surface area contributed by atoms with Crippen LogP contribution in [-0.2, 0) is 18.5 Å². The van der Waals surface area contributed by atoms with E-state index >= 15 is 0 Å². The quantitative estimate of drug-likeness (QED) is 0.192. The van der Waals surface area contributed by atoms with E-state index in [-0.39, 0.29) is 5.41 Å². The minimum absolute atomic E-state index is 0.0220. The number of nitrogens with zero attached hydrogens (tertiary/aromatic N) is 2. The molecule has 3 aromatic rings. The van der Waals surface area contributed by atoms with Crippen LogP contribution in [0.25, 0.3) is 21.9 Å². The summed E-state index contributed by atoms with van der Waals surface area (Å²) < 4.78 is 4.90. The molecule has 1 aliphatic rings. The van der Waals surface area contributed by atoms with E-state index in [1.807, 2.05) is 0 Å². The number of benzene rings is 1. The SMILES string of the molecule is CCCCCCC[n+]1ccc2c(c1)C(C)(C)c1c-2ccc2c(C)[n+](CCCCCCC)ccc12. The van der Waals surface area contributed by atoms with Gasteiger partial charge in [0.2, 0.25) is 0 Å². The van der Waals surface area contributed by atoms with Crippen LogP contribution in [0.5, 0.6) is 0 Å². The van der Waals surface area contributed by atoms with Crippen molar-refractivity contribution >= 4 is 10.8 Å². The fourth-order valence-corrected chi connectivity index (χ4v) is 6.01. The molecule has 0 aliphatic heterocycles. The third-order valence-electron chi connectivity index (χ3n) is 8.12. The van der Waals surface area contributed by atoms with Crippen molar-refractivity contribution in [1.82, 2.24) is 0 Å². The molecule has 0 bridgehead atoms. The summed E-state index contributed by atoms with van der Waals surface area (Å²) in [4.78, 5) is 0. The van der Waals surface area contributed by atoms with E-state index in [9.17, 15) is 0 Å². The number of unbranched alkanes of at least 4 members (excludes halogenated alkanes) is 8. The minimum atomic E-state index is 0.0220. The molecule has 0 spiro atoms. The normalized spacial score (nSPS) is 13.9. The van der Waals surface area contributed by atoms with E-state index in [2.05, 4.69) is 86.6 Å². The predicted molar refractivity (Wildman–Crippen MR) is 144 cm³/mol. The molecule has 2 heteroatoms. The molecule has 2 heterocycles. The van der Waals surface area contributed by atoms with Crippen LogP contribution in [0.3, 0.4) is 0 Å². The van der Waals surface area contributed by atoms with Crippen LogP contribution in [0, 0.1) is 6.92 Å². The molecule has 0 saturated carbocycles. The Morgan fingerprint density at radius 1 is 0.676 bits per heavy atom. The Hall–Kier alpha value is -2.22. The first kappa shape index (κ1) is 24.9. The van der Waals surface area contributed by atoms with Crippen molar-refractivity contribution in [2.24, 2.45) is 0 Å². The van der Waals surface area contributed by atoms with Gasteiger partial charge in [-0.15, -0.1) is 0 Å². The van der Waals surface area contributed by atoms with Crippen LogP contribution in [0.2, 0.25) is 0 Å².